The van der Waals surface area contributed by atoms with Crippen LogP contribution >= 0.6 is 0 Å². The first-order chi connectivity index (χ1) is 15.1. The Labute approximate surface area is 183 Å². The minimum Gasteiger partial charge on any atom is -0.390 e. The molecule has 0 spiro atoms. The van der Waals surface area contributed by atoms with E-state index in [1.54, 1.807) is 25.4 Å². The van der Waals surface area contributed by atoms with Gasteiger partial charge in [0, 0.05) is 48.5 Å². The highest BCUT2D eigenvalue weighted by molar-refractivity contribution is 5.96. The molecular formula is C23H24F2N4O3. The van der Waals surface area contributed by atoms with Crippen LogP contribution in [0.2, 0.25) is 0 Å². The lowest BCUT2D eigenvalue weighted by atomic mass is 9.93. The average molecular weight is 442 g/mol. The maximum atomic E-state index is 13.1. The number of hydrogen-bond donors (Lipinski definition) is 3. The Balaban J connectivity index is 1.63. The number of allylic oxidation sites excluding steroid dienone is 2. The molecule has 2 aromatic heterocycles. The Morgan fingerprint density at radius 1 is 1.50 bits per heavy atom. The highest BCUT2D eigenvalue weighted by Crippen LogP contribution is 2.49. The number of anilines is 1. The minimum atomic E-state index is -2.96. The summed E-state index contributed by atoms with van der Waals surface area (Å²) in [5, 5.41) is 16.4. The standard InChI is InChI=1S/C23H24F2N4O3/c1-4-5-19(30)17-6-12(2)15(11-26-17)14-7-13-10-27-20(8-18(13)29(3)22(14)32)28-21(31)16-9-23(16,24)25/h4,6-8,10-11,16-17,19,26,30H,1,5,9H2,2-3H3,(H,27,28,31). The van der Waals surface area contributed by atoms with Gasteiger partial charge in [0.15, 0.2) is 0 Å². The van der Waals surface area contributed by atoms with Crippen molar-refractivity contribution in [2.45, 2.75) is 37.8 Å². The van der Waals surface area contributed by atoms with Crippen molar-refractivity contribution in [3.63, 3.8) is 0 Å². The van der Waals surface area contributed by atoms with Gasteiger partial charge in [0.05, 0.1) is 17.7 Å². The van der Waals surface area contributed by atoms with E-state index in [-0.39, 0.29) is 17.4 Å². The number of aryl methyl sites for hydroxylation is 1. The van der Waals surface area contributed by atoms with Gasteiger partial charge >= 0.3 is 0 Å². The molecule has 1 amide bonds. The smallest absolute Gasteiger partial charge is 0.260 e. The number of nitrogens with zero attached hydrogens (tertiary/aromatic N) is 2. The topological polar surface area (TPSA) is 96.2 Å². The van der Waals surface area contributed by atoms with E-state index in [1.807, 2.05) is 13.0 Å². The van der Waals surface area contributed by atoms with E-state index in [2.05, 4.69) is 22.2 Å². The summed E-state index contributed by atoms with van der Waals surface area (Å²) in [5.74, 6) is -4.96. The van der Waals surface area contributed by atoms with Crippen molar-refractivity contribution < 1.29 is 18.7 Å². The predicted octanol–water partition coefficient (Wildman–Crippen LogP) is 2.72. The number of aromatic nitrogens is 2. The third kappa shape index (κ3) is 3.95. The second-order valence-electron chi connectivity index (χ2n) is 8.25. The Kier molecular flexibility index (Phi) is 5.46. The maximum absolute atomic E-state index is 13.1. The van der Waals surface area contributed by atoms with E-state index in [1.165, 1.54) is 16.8 Å². The number of carbonyl (C=O) groups excluding carboxylic acids is 1. The molecule has 3 N–H and O–H groups in total. The summed E-state index contributed by atoms with van der Waals surface area (Å²) in [6.45, 7) is 5.51. The molecule has 3 heterocycles. The number of halogens is 2. The molecule has 2 aromatic rings. The molecule has 168 valence electrons. The maximum Gasteiger partial charge on any atom is 0.260 e. The molecule has 0 saturated heterocycles. The molecule has 0 bridgehead atoms. The van der Waals surface area contributed by atoms with Crippen LogP contribution in [-0.4, -0.2) is 38.6 Å². The molecule has 0 radical (unpaired) electrons. The normalized spacial score (nSPS) is 22.4. The third-order valence-electron chi connectivity index (χ3n) is 5.89. The number of hydrogen-bond acceptors (Lipinski definition) is 5. The molecule has 0 aromatic carbocycles. The molecule has 32 heavy (non-hydrogen) atoms. The van der Waals surface area contributed by atoms with Crippen LogP contribution in [0.5, 0.6) is 0 Å². The number of nitrogens with one attached hydrogen (secondary N) is 2. The molecule has 7 nitrogen and oxygen atoms in total. The second-order valence-corrected chi connectivity index (χ2v) is 8.25. The molecule has 3 atom stereocenters. The van der Waals surface area contributed by atoms with Crippen LogP contribution in [-0.2, 0) is 11.8 Å². The second kappa shape index (κ2) is 7.98. The highest BCUT2D eigenvalue weighted by atomic mass is 19.3. The molecule has 3 unspecified atom stereocenters. The van der Waals surface area contributed by atoms with Crippen LogP contribution in [0.15, 0.2) is 53.6 Å². The van der Waals surface area contributed by atoms with Gasteiger partial charge in [-0.05, 0) is 25.0 Å². The van der Waals surface area contributed by atoms with E-state index in [9.17, 15) is 23.5 Å². The molecule has 2 aliphatic rings. The van der Waals surface area contributed by atoms with E-state index < -0.39 is 30.3 Å². The highest BCUT2D eigenvalue weighted by Gasteiger charge is 2.61. The molecule has 4 rings (SSSR count). The molecule has 9 heteroatoms. The Morgan fingerprint density at radius 3 is 2.84 bits per heavy atom. The number of aliphatic hydroxyl groups is 1. The van der Waals surface area contributed by atoms with E-state index in [0.717, 1.165) is 5.57 Å². The molecule has 1 fully saturated rings. The molecular weight excluding hydrogens is 418 g/mol. The largest absolute Gasteiger partial charge is 0.390 e. The van der Waals surface area contributed by atoms with Gasteiger partial charge < -0.3 is 20.3 Å². The number of pyridine rings is 2. The van der Waals surface area contributed by atoms with Crippen LogP contribution in [0.1, 0.15) is 25.3 Å². The first-order valence-corrected chi connectivity index (χ1v) is 10.2. The fraction of sp³-hybridized carbons (Fsp3) is 0.348. The Hall–Kier alpha value is -3.33. The van der Waals surface area contributed by atoms with Crippen LogP contribution in [0.25, 0.3) is 16.5 Å². The van der Waals surface area contributed by atoms with Crippen LogP contribution in [0, 0.1) is 5.92 Å². The zero-order chi connectivity index (χ0) is 23.2. The van der Waals surface area contributed by atoms with Gasteiger partial charge in [-0.1, -0.05) is 12.2 Å². The van der Waals surface area contributed by atoms with Gasteiger partial charge in [-0.25, -0.2) is 13.8 Å². The number of dihydropyridines is 1. The first kappa shape index (κ1) is 21.9. The van der Waals surface area contributed by atoms with Gasteiger partial charge in [0.25, 0.3) is 11.5 Å². The summed E-state index contributed by atoms with van der Waals surface area (Å²) < 4.78 is 27.7. The van der Waals surface area contributed by atoms with Crippen molar-refractivity contribution >= 4 is 28.2 Å². The Morgan fingerprint density at radius 2 is 2.22 bits per heavy atom. The Bertz CT molecular complexity index is 1230. The van der Waals surface area contributed by atoms with Crippen LogP contribution in [0.3, 0.4) is 0 Å². The summed E-state index contributed by atoms with van der Waals surface area (Å²) in [6, 6.07) is 2.92. The SMILES string of the molecule is C=CCC(O)C1C=C(C)C(c2cc3cnc(NC(=O)C4CC4(F)F)cc3n(C)c2=O)=CN1. The summed E-state index contributed by atoms with van der Waals surface area (Å²) in [6.07, 6.45) is 6.07. The zero-order valence-corrected chi connectivity index (χ0v) is 17.7. The van der Waals surface area contributed by atoms with E-state index in [4.69, 9.17) is 0 Å². The lowest BCUT2D eigenvalue weighted by Crippen LogP contribution is -2.37. The fourth-order valence-corrected chi connectivity index (χ4v) is 3.87. The lowest BCUT2D eigenvalue weighted by Gasteiger charge is -2.26. The summed E-state index contributed by atoms with van der Waals surface area (Å²) in [7, 11) is 1.60. The summed E-state index contributed by atoms with van der Waals surface area (Å²) in [4.78, 5) is 29.2. The number of alkyl halides is 2. The monoisotopic (exact) mass is 442 g/mol. The quantitative estimate of drug-likeness (QED) is 0.598. The average Bonchev–Trinajstić information content (AvgIpc) is 3.40. The van der Waals surface area contributed by atoms with Gasteiger partial charge in [-0.2, -0.15) is 0 Å². The van der Waals surface area contributed by atoms with Crippen molar-refractivity contribution in [2.75, 3.05) is 5.32 Å². The molecule has 1 saturated carbocycles. The van der Waals surface area contributed by atoms with Gasteiger partial charge in [0.2, 0.25) is 5.91 Å². The van der Waals surface area contributed by atoms with Crippen molar-refractivity contribution in [2.24, 2.45) is 13.0 Å². The fourth-order valence-electron chi connectivity index (χ4n) is 3.87. The van der Waals surface area contributed by atoms with Crippen LogP contribution < -0.4 is 16.2 Å². The van der Waals surface area contributed by atoms with Crippen molar-refractivity contribution in [1.29, 1.82) is 0 Å². The predicted molar refractivity (Wildman–Crippen MR) is 118 cm³/mol. The third-order valence-corrected chi connectivity index (χ3v) is 5.89. The molecule has 1 aliphatic carbocycles. The minimum absolute atomic E-state index is 0.113. The lowest BCUT2D eigenvalue weighted by molar-refractivity contribution is -0.119. The number of rotatable bonds is 6. The van der Waals surface area contributed by atoms with Gasteiger partial charge in [0.1, 0.15) is 11.7 Å². The zero-order valence-electron chi connectivity index (χ0n) is 17.7. The summed E-state index contributed by atoms with van der Waals surface area (Å²) >= 11 is 0. The molecule has 1 aliphatic heterocycles. The number of amides is 1. The van der Waals surface area contributed by atoms with Crippen molar-refractivity contribution in [1.82, 2.24) is 14.9 Å². The number of carbonyl (C=O) groups is 1. The van der Waals surface area contributed by atoms with Crippen molar-refractivity contribution in [3.05, 3.63) is 64.8 Å². The van der Waals surface area contributed by atoms with Crippen molar-refractivity contribution in [3.8, 4) is 0 Å². The van der Waals surface area contributed by atoms with Gasteiger partial charge in [-0.15, -0.1) is 6.58 Å². The first-order valence-electron chi connectivity index (χ1n) is 10.2. The summed E-state index contributed by atoms with van der Waals surface area (Å²) in [5.41, 5.74) is 2.24. The van der Waals surface area contributed by atoms with E-state index in [0.29, 0.717) is 28.5 Å². The van der Waals surface area contributed by atoms with E-state index >= 15 is 0 Å². The number of fused-ring (bicyclic) bond motifs is 1. The van der Waals surface area contributed by atoms with Gasteiger partial charge in [-0.3, -0.25) is 9.59 Å². The van der Waals surface area contributed by atoms with Crippen LogP contribution in [0.4, 0.5) is 14.6 Å². The number of aliphatic hydroxyl groups excluding tert-OH is 1.